The van der Waals surface area contributed by atoms with Crippen molar-refractivity contribution in [2.24, 2.45) is 11.3 Å². The van der Waals surface area contributed by atoms with E-state index in [0.717, 1.165) is 30.0 Å². The molecule has 45 heavy (non-hydrogen) atoms. The molecule has 10 nitrogen and oxygen atoms in total. The van der Waals surface area contributed by atoms with Crippen LogP contribution in [0.3, 0.4) is 0 Å². The third-order valence-electron chi connectivity index (χ3n) is 7.85. The minimum absolute atomic E-state index is 0.0506. The van der Waals surface area contributed by atoms with Gasteiger partial charge in [-0.25, -0.2) is 4.98 Å². The molecular formula is C35H47N5O5. The highest BCUT2D eigenvalue weighted by atomic mass is 16.5. The van der Waals surface area contributed by atoms with Crippen LogP contribution >= 0.6 is 0 Å². The number of nitrogens with one attached hydrogen (secondary N) is 2. The van der Waals surface area contributed by atoms with Gasteiger partial charge in [0.15, 0.2) is 11.6 Å². The first-order valence-corrected chi connectivity index (χ1v) is 15.6. The van der Waals surface area contributed by atoms with Crippen molar-refractivity contribution < 1.29 is 23.8 Å². The third kappa shape index (κ3) is 8.86. The second kappa shape index (κ2) is 14.2. The van der Waals surface area contributed by atoms with E-state index in [2.05, 4.69) is 36.3 Å². The lowest BCUT2D eigenvalue weighted by atomic mass is 9.86. The summed E-state index contributed by atoms with van der Waals surface area (Å²) in [5, 5.41) is 11.0. The molecule has 0 aliphatic carbocycles. The summed E-state index contributed by atoms with van der Waals surface area (Å²) >= 11 is 0. The first kappa shape index (κ1) is 33.6. The zero-order chi connectivity index (χ0) is 32.8. The third-order valence-corrected chi connectivity index (χ3v) is 7.85. The molecule has 4 rings (SSSR count). The van der Waals surface area contributed by atoms with Gasteiger partial charge in [-0.2, -0.15) is 0 Å². The lowest BCUT2D eigenvalue weighted by Crippen LogP contribution is -2.26. The van der Waals surface area contributed by atoms with Crippen LogP contribution in [0.5, 0.6) is 17.2 Å². The SMILES string of the molecule is COC(=O)C(C)(C)CCCC(C)C(=O)Nc1ccc(OCCCc2nc3c(Oc4ccc(C)cc4)c(C(C)(C)C)[nH]n3n2)cc1. The summed E-state index contributed by atoms with van der Waals surface area (Å²) in [6.07, 6.45) is 3.49. The maximum absolute atomic E-state index is 12.7. The van der Waals surface area contributed by atoms with E-state index >= 15 is 0 Å². The van der Waals surface area contributed by atoms with Crippen molar-refractivity contribution in [2.75, 3.05) is 19.0 Å². The maximum atomic E-state index is 12.7. The smallest absolute Gasteiger partial charge is 0.311 e. The molecule has 1 unspecified atom stereocenters. The van der Waals surface area contributed by atoms with Gasteiger partial charge in [-0.15, -0.1) is 9.73 Å². The van der Waals surface area contributed by atoms with E-state index in [4.69, 9.17) is 19.2 Å². The minimum Gasteiger partial charge on any atom is -0.494 e. The Morgan fingerprint density at radius 2 is 1.64 bits per heavy atom. The van der Waals surface area contributed by atoms with Gasteiger partial charge in [0.1, 0.15) is 11.5 Å². The number of aromatic nitrogens is 4. The summed E-state index contributed by atoms with van der Waals surface area (Å²) in [5.74, 6) is 2.41. The molecule has 0 bridgehead atoms. The minimum atomic E-state index is -0.554. The van der Waals surface area contributed by atoms with Crippen LogP contribution in [0.1, 0.15) is 84.3 Å². The van der Waals surface area contributed by atoms with E-state index in [1.165, 1.54) is 12.7 Å². The Labute approximate surface area is 265 Å². The fourth-order valence-electron chi connectivity index (χ4n) is 4.96. The molecular weight excluding hydrogens is 570 g/mol. The average molecular weight is 618 g/mol. The molecule has 0 saturated carbocycles. The number of nitrogens with zero attached hydrogens (tertiary/aromatic N) is 3. The van der Waals surface area contributed by atoms with Crippen LogP contribution in [0.4, 0.5) is 5.69 Å². The van der Waals surface area contributed by atoms with Crippen molar-refractivity contribution in [1.29, 1.82) is 0 Å². The number of carbonyl (C=O) groups is 2. The molecule has 2 aromatic heterocycles. The van der Waals surface area contributed by atoms with E-state index in [1.54, 1.807) is 4.63 Å². The fraction of sp³-hybridized carbons (Fsp3) is 0.486. The summed E-state index contributed by atoms with van der Waals surface area (Å²) in [7, 11) is 1.40. The second-order valence-electron chi connectivity index (χ2n) is 13.4. The van der Waals surface area contributed by atoms with E-state index in [-0.39, 0.29) is 23.2 Å². The standard InChI is InChI=1S/C35H47N5O5/c1-23-13-17-27(18-14-23)45-29-30(34(3,4)5)39-40-31(29)37-28(38-40)12-10-22-44-26-19-15-25(16-20-26)36-32(41)24(2)11-9-21-35(6,7)33(42)43-8/h13-20,24,39H,9-12,21-22H2,1-8H3,(H,36,41). The Kier molecular flexibility index (Phi) is 10.6. The molecule has 0 fully saturated rings. The number of methoxy groups -OCH3 is 1. The number of aryl methyl sites for hydroxylation is 2. The van der Waals surface area contributed by atoms with E-state index in [1.807, 2.05) is 76.2 Å². The van der Waals surface area contributed by atoms with Crippen LogP contribution in [-0.4, -0.2) is 45.4 Å². The Morgan fingerprint density at radius 1 is 0.978 bits per heavy atom. The first-order valence-electron chi connectivity index (χ1n) is 15.6. The van der Waals surface area contributed by atoms with Crippen LogP contribution in [0.15, 0.2) is 48.5 Å². The lowest BCUT2D eigenvalue weighted by molar-refractivity contribution is -0.151. The number of anilines is 1. The Hall–Kier alpha value is -4.34. The van der Waals surface area contributed by atoms with Crippen molar-refractivity contribution in [3.63, 3.8) is 0 Å². The highest BCUT2D eigenvalue weighted by Gasteiger charge is 2.29. The highest BCUT2D eigenvalue weighted by molar-refractivity contribution is 5.92. The maximum Gasteiger partial charge on any atom is 0.311 e. The highest BCUT2D eigenvalue weighted by Crippen LogP contribution is 2.36. The molecule has 0 spiro atoms. The van der Waals surface area contributed by atoms with Gasteiger partial charge in [0.2, 0.25) is 11.6 Å². The van der Waals surface area contributed by atoms with E-state index < -0.39 is 5.41 Å². The van der Waals surface area contributed by atoms with Gasteiger partial charge in [-0.3, -0.25) is 14.7 Å². The number of H-pyrrole nitrogens is 1. The summed E-state index contributed by atoms with van der Waals surface area (Å²) in [4.78, 5) is 29.3. The number of rotatable bonds is 14. The summed E-state index contributed by atoms with van der Waals surface area (Å²) in [6, 6.07) is 15.3. The van der Waals surface area contributed by atoms with Crippen molar-refractivity contribution in [3.8, 4) is 17.2 Å². The number of aromatic amines is 1. The molecule has 10 heteroatoms. The van der Waals surface area contributed by atoms with Gasteiger partial charge in [-0.1, -0.05) is 51.8 Å². The molecule has 4 aromatic rings. The Morgan fingerprint density at radius 3 is 2.29 bits per heavy atom. The number of amides is 1. The monoisotopic (exact) mass is 617 g/mol. The van der Waals surface area contributed by atoms with Crippen LogP contribution < -0.4 is 14.8 Å². The molecule has 1 atom stereocenters. The molecule has 2 heterocycles. The predicted molar refractivity (Wildman–Crippen MR) is 175 cm³/mol. The number of hydrogen-bond acceptors (Lipinski definition) is 7. The number of ether oxygens (including phenoxy) is 3. The summed E-state index contributed by atoms with van der Waals surface area (Å²) < 4.78 is 18.8. The Balaban J connectivity index is 1.25. The number of hydrogen-bond donors (Lipinski definition) is 2. The Bertz CT molecular complexity index is 1580. The predicted octanol–water partition coefficient (Wildman–Crippen LogP) is 7.41. The van der Waals surface area contributed by atoms with Crippen molar-refractivity contribution in [3.05, 3.63) is 65.6 Å². The van der Waals surface area contributed by atoms with Gasteiger partial charge in [0, 0.05) is 23.4 Å². The van der Waals surface area contributed by atoms with Gasteiger partial charge >= 0.3 is 5.97 Å². The number of fused-ring (bicyclic) bond motifs is 1. The molecule has 0 radical (unpaired) electrons. The lowest BCUT2D eigenvalue weighted by Gasteiger charge is -2.22. The quantitative estimate of drug-likeness (QED) is 0.112. The first-order chi connectivity index (χ1) is 21.3. The van der Waals surface area contributed by atoms with E-state index in [0.29, 0.717) is 48.8 Å². The van der Waals surface area contributed by atoms with Crippen molar-refractivity contribution in [1.82, 2.24) is 19.8 Å². The molecule has 0 aliphatic rings. The van der Waals surface area contributed by atoms with E-state index in [9.17, 15) is 9.59 Å². The number of benzene rings is 2. The van der Waals surface area contributed by atoms with Gasteiger partial charge in [0.05, 0.1) is 24.8 Å². The van der Waals surface area contributed by atoms with Crippen LogP contribution in [-0.2, 0) is 26.2 Å². The number of esters is 1. The average Bonchev–Trinajstić information content (AvgIpc) is 3.55. The zero-order valence-electron chi connectivity index (χ0n) is 27.8. The topological polar surface area (TPSA) is 120 Å². The van der Waals surface area contributed by atoms with Crippen LogP contribution in [0.2, 0.25) is 0 Å². The fourth-order valence-corrected chi connectivity index (χ4v) is 4.96. The zero-order valence-corrected chi connectivity index (χ0v) is 27.8. The number of carbonyl (C=O) groups excluding carboxylic acids is 2. The normalized spacial score (nSPS) is 12.6. The molecule has 2 N–H and O–H groups in total. The van der Waals surface area contributed by atoms with Crippen molar-refractivity contribution >= 4 is 23.2 Å². The molecule has 0 aliphatic heterocycles. The van der Waals surface area contributed by atoms with Crippen LogP contribution in [0.25, 0.3) is 5.65 Å². The largest absolute Gasteiger partial charge is 0.494 e. The summed E-state index contributed by atoms with van der Waals surface area (Å²) in [5.41, 5.74) is 2.74. The molecule has 1 amide bonds. The second-order valence-corrected chi connectivity index (χ2v) is 13.4. The molecule has 0 saturated heterocycles. The van der Waals surface area contributed by atoms with Crippen LogP contribution in [0, 0.1) is 18.3 Å². The van der Waals surface area contributed by atoms with Gasteiger partial charge in [0.25, 0.3) is 0 Å². The molecule has 242 valence electrons. The van der Waals surface area contributed by atoms with Gasteiger partial charge < -0.3 is 19.5 Å². The van der Waals surface area contributed by atoms with Crippen molar-refractivity contribution in [2.45, 2.75) is 86.0 Å². The van der Waals surface area contributed by atoms with Gasteiger partial charge in [-0.05, 0) is 76.4 Å². The molecule has 2 aromatic carbocycles. The summed E-state index contributed by atoms with van der Waals surface area (Å²) in [6.45, 7) is 14.5.